The molecule has 2 atom stereocenters. The van der Waals surface area contributed by atoms with E-state index < -0.39 is 23.9 Å². The van der Waals surface area contributed by atoms with Crippen molar-refractivity contribution in [3.63, 3.8) is 0 Å². The fourth-order valence-corrected chi connectivity index (χ4v) is 3.35. The van der Waals surface area contributed by atoms with Crippen LogP contribution in [-0.2, 0) is 25.5 Å². The quantitative estimate of drug-likeness (QED) is 0.729. The number of benzene rings is 2. The van der Waals surface area contributed by atoms with E-state index in [4.69, 9.17) is 16.3 Å². The molecule has 1 N–H and O–H groups in total. The lowest BCUT2D eigenvalue weighted by atomic mass is 10.1. The lowest BCUT2D eigenvalue weighted by molar-refractivity contribution is -0.157. The van der Waals surface area contributed by atoms with Gasteiger partial charge in [0.1, 0.15) is 0 Å². The average Bonchev–Trinajstić information content (AvgIpc) is 3.10. The second-order valence-electron chi connectivity index (χ2n) is 7.00. The standard InChI is InChI=1S/C22H23ClN2O4/c1-3-15-7-9-19(10-8-15)25-13-16(11-20(25)26)22(28)29-14(2)21(27)24-18-6-4-5-17(23)12-18/h4-10,12,14,16H,3,11,13H2,1-2H3,(H,24,27)/t14-,16-/m1/s1. The molecule has 0 spiro atoms. The Labute approximate surface area is 174 Å². The van der Waals surface area contributed by atoms with Gasteiger partial charge in [-0.1, -0.05) is 36.7 Å². The first-order chi connectivity index (χ1) is 13.9. The van der Waals surface area contributed by atoms with Crippen LogP contribution in [0.15, 0.2) is 48.5 Å². The van der Waals surface area contributed by atoms with Crippen molar-refractivity contribution in [3.8, 4) is 0 Å². The maximum Gasteiger partial charge on any atom is 0.312 e. The van der Waals surface area contributed by atoms with Crippen molar-refractivity contribution >= 4 is 40.8 Å². The Kier molecular flexibility index (Phi) is 6.54. The SMILES string of the molecule is CCc1ccc(N2C[C@H](C(=O)O[C@H](C)C(=O)Nc3cccc(Cl)c3)CC2=O)cc1. The molecule has 1 heterocycles. The molecule has 0 radical (unpaired) electrons. The number of carbonyl (C=O) groups is 3. The van der Waals surface area contributed by atoms with E-state index in [0.717, 1.165) is 12.1 Å². The number of anilines is 2. The van der Waals surface area contributed by atoms with Crippen LogP contribution in [0.4, 0.5) is 11.4 Å². The van der Waals surface area contributed by atoms with Crippen molar-refractivity contribution in [2.24, 2.45) is 5.92 Å². The van der Waals surface area contributed by atoms with Gasteiger partial charge >= 0.3 is 5.97 Å². The number of esters is 1. The molecule has 0 saturated carbocycles. The topological polar surface area (TPSA) is 75.7 Å². The van der Waals surface area contributed by atoms with Crippen LogP contribution in [-0.4, -0.2) is 30.4 Å². The van der Waals surface area contributed by atoms with Gasteiger partial charge in [0.15, 0.2) is 6.10 Å². The van der Waals surface area contributed by atoms with E-state index >= 15 is 0 Å². The molecule has 2 aromatic rings. The van der Waals surface area contributed by atoms with E-state index in [9.17, 15) is 14.4 Å². The van der Waals surface area contributed by atoms with Crippen molar-refractivity contribution < 1.29 is 19.1 Å². The molecule has 0 unspecified atom stereocenters. The van der Waals surface area contributed by atoms with Crippen LogP contribution >= 0.6 is 11.6 Å². The Morgan fingerprint density at radius 2 is 1.97 bits per heavy atom. The predicted molar refractivity (Wildman–Crippen MR) is 112 cm³/mol. The smallest absolute Gasteiger partial charge is 0.312 e. The third-order valence-electron chi connectivity index (χ3n) is 4.87. The zero-order valence-electron chi connectivity index (χ0n) is 16.4. The molecule has 7 heteroatoms. The summed E-state index contributed by atoms with van der Waals surface area (Å²) < 4.78 is 5.30. The number of carbonyl (C=O) groups excluding carboxylic acids is 3. The van der Waals surface area contributed by atoms with Crippen molar-refractivity contribution in [1.29, 1.82) is 0 Å². The molecule has 1 fully saturated rings. The highest BCUT2D eigenvalue weighted by atomic mass is 35.5. The van der Waals surface area contributed by atoms with Gasteiger partial charge in [-0.15, -0.1) is 0 Å². The second-order valence-corrected chi connectivity index (χ2v) is 7.44. The third kappa shape index (κ3) is 5.15. The summed E-state index contributed by atoms with van der Waals surface area (Å²) in [6, 6.07) is 14.4. The van der Waals surface area contributed by atoms with Crippen molar-refractivity contribution in [1.82, 2.24) is 0 Å². The molecule has 1 aliphatic rings. The molecular formula is C22H23ClN2O4. The Hall–Kier alpha value is -2.86. The fraction of sp³-hybridized carbons (Fsp3) is 0.318. The van der Waals surface area contributed by atoms with Crippen LogP contribution in [0.5, 0.6) is 0 Å². The fourth-order valence-electron chi connectivity index (χ4n) is 3.16. The first kappa shape index (κ1) is 20.9. The van der Waals surface area contributed by atoms with Gasteiger partial charge in [0.25, 0.3) is 5.91 Å². The summed E-state index contributed by atoms with van der Waals surface area (Å²) in [5, 5.41) is 3.14. The van der Waals surface area contributed by atoms with E-state index in [-0.39, 0.29) is 18.9 Å². The second kappa shape index (κ2) is 9.09. The average molecular weight is 415 g/mol. The molecule has 29 heavy (non-hydrogen) atoms. The van der Waals surface area contributed by atoms with E-state index in [1.54, 1.807) is 29.2 Å². The summed E-state index contributed by atoms with van der Waals surface area (Å²) in [6.45, 7) is 3.80. The highest BCUT2D eigenvalue weighted by Crippen LogP contribution is 2.26. The van der Waals surface area contributed by atoms with E-state index in [1.807, 2.05) is 24.3 Å². The monoisotopic (exact) mass is 414 g/mol. The van der Waals surface area contributed by atoms with E-state index in [1.165, 1.54) is 12.5 Å². The molecular weight excluding hydrogens is 392 g/mol. The molecule has 0 aliphatic carbocycles. The van der Waals surface area contributed by atoms with Gasteiger partial charge < -0.3 is 15.0 Å². The minimum atomic E-state index is -0.991. The lowest BCUT2D eigenvalue weighted by Crippen LogP contribution is -2.33. The summed E-state index contributed by atoms with van der Waals surface area (Å²) in [4.78, 5) is 38.7. The minimum absolute atomic E-state index is 0.0665. The number of aryl methyl sites for hydroxylation is 1. The van der Waals surface area contributed by atoms with Crippen LogP contribution in [0.1, 0.15) is 25.8 Å². The summed E-state index contributed by atoms with van der Waals surface area (Å²) in [6.07, 6.45) is -0.00977. The molecule has 2 amide bonds. The molecule has 2 aromatic carbocycles. The van der Waals surface area contributed by atoms with Crippen LogP contribution < -0.4 is 10.2 Å². The van der Waals surface area contributed by atoms with Crippen molar-refractivity contribution in [3.05, 3.63) is 59.1 Å². The van der Waals surface area contributed by atoms with Gasteiger partial charge in [0.05, 0.1) is 5.92 Å². The Morgan fingerprint density at radius 3 is 2.62 bits per heavy atom. The molecule has 1 aliphatic heterocycles. The van der Waals surface area contributed by atoms with E-state index in [0.29, 0.717) is 10.7 Å². The van der Waals surface area contributed by atoms with Crippen LogP contribution in [0.3, 0.4) is 0 Å². The number of halogens is 1. The van der Waals surface area contributed by atoms with Crippen LogP contribution in [0.25, 0.3) is 0 Å². The molecule has 6 nitrogen and oxygen atoms in total. The first-order valence-electron chi connectivity index (χ1n) is 9.53. The van der Waals surface area contributed by atoms with Gasteiger partial charge in [-0.3, -0.25) is 14.4 Å². The highest BCUT2D eigenvalue weighted by molar-refractivity contribution is 6.30. The zero-order chi connectivity index (χ0) is 21.0. The molecule has 0 bridgehead atoms. The molecule has 3 rings (SSSR count). The van der Waals surface area contributed by atoms with E-state index in [2.05, 4.69) is 12.2 Å². The van der Waals surface area contributed by atoms with Crippen molar-refractivity contribution in [2.45, 2.75) is 32.8 Å². The summed E-state index contributed by atoms with van der Waals surface area (Å²) in [5.41, 5.74) is 2.45. The molecule has 1 saturated heterocycles. The van der Waals surface area contributed by atoms with Crippen molar-refractivity contribution in [2.75, 3.05) is 16.8 Å². The Bertz CT molecular complexity index is 913. The number of hydrogen-bond donors (Lipinski definition) is 1. The largest absolute Gasteiger partial charge is 0.452 e. The van der Waals surface area contributed by atoms with Gasteiger partial charge in [0, 0.05) is 29.4 Å². The summed E-state index contributed by atoms with van der Waals surface area (Å²) >= 11 is 5.90. The summed E-state index contributed by atoms with van der Waals surface area (Å²) in [7, 11) is 0. The minimum Gasteiger partial charge on any atom is -0.452 e. The van der Waals surface area contributed by atoms with Gasteiger partial charge in [-0.2, -0.15) is 0 Å². The Morgan fingerprint density at radius 1 is 1.24 bits per heavy atom. The number of nitrogens with one attached hydrogen (secondary N) is 1. The molecule has 0 aromatic heterocycles. The number of amides is 2. The highest BCUT2D eigenvalue weighted by Gasteiger charge is 2.37. The first-order valence-corrected chi connectivity index (χ1v) is 9.91. The lowest BCUT2D eigenvalue weighted by Gasteiger charge is -2.18. The number of ether oxygens (including phenoxy) is 1. The van der Waals surface area contributed by atoms with Gasteiger partial charge in [-0.05, 0) is 49.2 Å². The Balaban J connectivity index is 1.57. The van der Waals surface area contributed by atoms with Gasteiger partial charge in [-0.25, -0.2) is 0 Å². The number of hydrogen-bond acceptors (Lipinski definition) is 4. The van der Waals surface area contributed by atoms with Crippen LogP contribution in [0, 0.1) is 5.92 Å². The predicted octanol–water partition coefficient (Wildman–Crippen LogP) is 3.83. The zero-order valence-corrected chi connectivity index (χ0v) is 17.1. The molecule has 152 valence electrons. The maximum atomic E-state index is 12.5. The maximum absolute atomic E-state index is 12.5. The third-order valence-corrected chi connectivity index (χ3v) is 5.10. The van der Waals surface area contributed by atoms with Crippen LogP contribution in [0.2, 0.25) is 5.02 Å². The normalized spacial score (nSPS) is 17.1. The number of nitrogens with zero attached hydrogens (tertiary/aromatic N) is 1. The summed E-state index contributed by atoms with van der Waals surface area (Å²) in [5.74, 6) is -1.75. The van der Waals surface area contributed by atoms with Gasteiger partial charge in [0.2, 0.25) is 5.91 Å². The number of rotatable bonds is 6.